The van der Waals surface area contributed by atoms with E-state index in [1.54, 1.807) is 5.38 Å². The zero-order valence-electron chi connectivity index (χ0n) is 30.1. The molecule has 49 heavy (non-hydrogen) atoms. The van der Waals surface area contributed by atoms with E-state index in [2.05, 4.69) is 52.8 Å². The second-order valence-electron chi connectivity index (χ2n) is 12.4. The summed E-state index contributed by atoms with van der Waals surface area (Å²) in [6.45, 7) is 5.21. The molecular formula is C38H62N4O5S2. The van der Waals surface area contributed by atoms with E-state index >= 15 is 0 Å². The normalized spacial score (nSPS) is 13.1. The molecule has 1 amide bonds. The Bertz CT molecular complexity index is 1250. The summed E-state index contributed by atoms with van der Waals surface area (Å²) in [5, 5.41) is 45.4. The molecule has 11 heteroatoms. The Kier molecular flexibility index (Phi) is 26.8. The number of carbonyl (C=O) groups is 1. The van der Waals surface area contributed by atoms with Crippen molar-refractivity contribution in [1.82, 2.24) is 15.3 Å². The lowest BCUT2D eigenvalue weighted by Crippen LogP contribution is -2.40. The summed E-state index contributed by atoms with van der Waals surface area (Å²) < 4.78 is 0. The molecular weight excluding hydrogens is 657 g/mol. The number of hydrogen-bond donors (Lipinski definition) is 6. The van der Waals surface area contributed by atoms with E-state index in [-0.39, 0.29) is 19.1 Å². The van der Waals surface area contributed by atoms with Gasteiger partial charge < -0.3 is 31.5 Å². The summed E-state index contributed by atoms with van der Waals surface area (Å²) in [5.41, 5.74) is 6.90. The second-order valence-corrected chi connectivity index (χ2v) is 14.2. The van der Waals surface area contributed by atoms with Gasteiger partial charge in [0.2, 0.25) is 5.91 Å². The van der Waals surface area contributed by atoms with Gasteiger partial charge in [0.15, 0.2) is 0 Å². The fourth-order valence-electron chi connectivity index (χ4n) is 4.90. The van der Waals surface area contributed by atoms with Crippen LogP contribution < -0.4 is 11.1 Å². The van der Waals surface area contributed by atoms with Crippen LogP contribution in [-0.2, 0) is 4.79 Å². The number of hydrogen-bond acceptors (Lipinski definition) is 10. The Labute approximate surface area is 303 Å². The highest BCUT2D eigenvalue weighted by Crippen LogP contribution is 2.22. The average Bonchev–Trinajstić information content (AvgIpc) is 3.78. The minimum absolute atomic E-state index is 0.264. The molecule has 4 unspecified atom stereocenters. The van der Waals surface area contributed by atoms with Crippen molar-refractivity contribution in [3.8, 4) is 23.7 Å². The van der Waals surface area contributed by atoms with Crippen LogP contribution >= 0.6 is 22.7 Å². The van der Waals surface area contributed by atoms with E-state index in [1.807, 2.05) is 5.38 Å². The maximum Gasteiger partial charge on any atom is 0.217 e. The zero-order chi connectivity index (χ0) is 36.1. The van der Waals surface area contributed by atoms with Gasteiger partial charge >= 0.3 is 0 Å². The Morgan fingerprint density at radius 2 is 1.12 bits per heavy atom. The number of carbonyl (C=O) groups excluding carboxylic acids is 1. The molecule has 2 heterocycles. The van der Waals surface area contributed by atoms with Crippen molar-refractivity contribution in [3.63, 3.8) is 0 Å². The first-order chi connectivity index (χ1) is 23.8. The highest BCUT2D eigenvalue weighted by molar-refractivity contribution is 7.10. The van der Waals surface area contributed by atoms with Gasteiger partial charge in [-0.05, 0) is 24.7 Å². The number of aliphatic hydroxyl groups excluding tert-OH is 4. The second kappa shape index (κ2) is 29.4. The molecule has 0 aliphatic carbocycles. The number of nitrogens with zero attached hydrogens (tertiary/aromatic N) is 2. The van der Waals surface area contributed by atoms with Gasteiger partial charge in [0, 0.05) is 30.5 Å². The van der Waals surface area contributed by atoms with Crippen LogP contribution in [0, 0.1) is 23.7 Å². The third-order valence-electron chi connectivity index (χ3n) is 7.88. The predicted molar refractivity (Wildman–Crippen MR) is 202 cm³/mol. The van der Waals surface area contributed by atoms with E-state index in [4.69, 9.17) is 10.8 Å². The minimum Gasteiger partial charge on any atom is -0.395 e. The fraction of sp³-hybridized carbons (Fsp3) is 0.711. The molecule has 2 rings (SSSR count). The van der Waals surface area contributed by atoms with Crippen molar-refractivity contribution in [2.24, 2.45) is 5.73 Å². The van der Waals surface area contributed by atoms with Gasteiger partial charge in [-0.25, -0.2) is 9.97 Å². The van der Waals surface area contributed by atoms with Crippen molar-refractivity contribution >= 4 is 28.6 Å². The van der Waals surface area contributed by atoms with Crippen molar-refractivity contribution in [1.29, 1.82) is 0 Å². The molecule has 9 nitrogen and oxygen atoms in total. The molecule has 4 atom stereocenters. The van der Waals surface area contributed by atoms with Gasteiger partial charge in [-0.3, -0.25) is 4.79 Å². The van der Waals surface area contributed by atoms with E-state index in [1.165, 1.54) is 119 Å². The zero-order valence-corrected chi connectivity index (χ0v) is 31.7. The number of nitrogens with one attached hydrogen (secondary N) is 1. The van der Waals surface area contributed by atoms with Gasteiger partial charge in [-0.2, -0.15) is 0 Å². The molecule has 0 aliphatic heterocycles. The number of unbranched alkanes of at least 4 members (excludes halogenated alkanes) is 16. The lowest BCUT2D eigenvalue weighted by molar-refractivity contribution is -0.121. The molecule has 0 radical (unpaired) electrons. The first-order valence-corrected chi connectivity index (χ1v) is 20.0. The first-order valence-electron chi connectivity index (χ1n) is 18.3. The summed E-state index contributed by atoms with van der Waals surface area (Å²) in [5.74, 6) is 12.0. The number of aromatic nitrogens is 2. The van der Waals surface area contributed by atoms with E-state index in [0.717, 1.165) is 25.7 Å². The van der Waals surface area contributed by atoms with Crippen LogP contribution in [0.15, 0.2) is 10.8 Å². The molecule has 0 saturated heterocycles. The molecule has 0 spiro atoms. The lowest BCUT2D eigenvalue weighted by Gasteiger charge is -2.19. The third-order valence-corrected chi connectivity index (χ3v) is 9.71. The fourth-order valence-corrected chi connectivity index (χ4v) is 6.51. The Balaban J connectivity index is 0.000000494. The van der Waals surface area contributed by atoms with Gasteiger partial charge in [0.25, 0.3) is 0 Å². The Hall–Kier alpha value is -2.35. The van der Waals surface area contributed by atoms with Crippen molar-refractivity contribution < 1.29 is 25.2 Å². The topological polar surface area (TPSA) is 162 Å². The van der Waals surface area contributed by atoms with Crippen LogP contribution in [0.4, 0.5) is 0 Å². The number of rotatable bonds is 23. The number of aliphatic hydroxyl groups is 4. The average molecular weight is 719 g/mol. The van der Waals surface area contributed by atoms with Crippen molar-refractivity contribution in [2.45, 2.75) is 161 Å². The maximum absolute atomic E-state index is 11.1. The molecule has 0 aliphatic rings. The summed E-state index contributed by atoms with van der Waals surface area (Å²) in [7, 11) is 0. The molecule has 0 fully saturated rings. The number of nitrogens with two attached hydrogens (primary N) is 1. The molecule has 276 valence electrons. The summed E-state index contributed by atoms with van der Waals surface area (Å²) in [4.78, 5) is 19.6. The van der Waals surface area contributed by atoms with E-state index < -0.39 is 24.3 Å². The van der Waals surface area contributed by atoms with E-state index in [0.29, 0.717) is 21.4 Å². The molecule has 2 aromatic heterocycles. The highest BCUT2D eigenvalue weighted by Gasteiger charge is 2.24. The van der Waals surface area contributed by atoms with Gasteiger partial charge in [-0.15, -0.1) is 22.7 Å². The smallest absolute Gasteiger partial charge is 0.217 e. The summed E-state index contributed by atoms with van der Waals surface area (Å²) in [6.07, 6.45) is 20.5. The standard InChI is InChI=1S/C20H32N2O3S.C18H30N2O2S/c1-3-4-5-6-7-8-9-10-11-12-13-17-15-26-20(22-17)19(25)18(14-23)21-16(2)24;1-2-3-4-5-6-7-8-9-10-11-12-15-14-23-18(20-15)17(22)16(19)13-21/h15,18-19,23,25H,3-11,14H2,1-2H3,(H,21,24);14,16-17,21-22H,2-10,13,19H2,1H3. The van der Waals surface area contributed by atoms with Crippen LogP contribution in [0.25, 0.3) is 0 Å². The van der Waals surface area contributed by atoms with Crippen LogP contribution in [-0.4, -0.2) is 61.6 Å². The monoisotopic (exact) mass is 718 g/mol. The van der Waals surface area contributed by atoms with Crippen LogP contribution in [0.1, 0.15) is 170 Å². The van der Waals surface area contributed by atoms with E-state index in [9.17, 15) is 20.1 Å². The minimum atomic E-state index is -1.03. The quantitative estimate of drug-likeness (QED) is 0.0532. The Morgan fingerprint density at radius 3 is 1.51 bits per heavy atom. The SMILES string of the molecule is CCCCCCCCCCC#Cc1csc(C(O)C(CO)NC(C)=O)n1.CCCCCCCCCCC#Cc1csc(C(O)C(N)CO)n1. The molecule has 0 saturated carbocycles. The van der Waals surface area contributed by atoms with Crippen LogP contribution in [0.5, 0.6) is 0 Å². The predicted octanol–water partition coefficient (Wildman–Crippen LogP) is 6.93. The summed E-state index contributed by atoms with van der Waals surface area (Å²) in [6, 6.07) is -1.45. The lowest BCUT2D eigenvalue weighted by atomic mass is 10.1. The molecule has 7 N–H and O–H groups in total. The Morgan fingerprint density at radius 1 is 0.714 bits per heavy atom. The number of thiazole rings is 2. The van der Waals surface area contributed by atoms with Gasteiger partial charge in [-0.1, -0.05) is 116 Å². The molecule has 0 bridgehead atoms. The van der Waals surface area contributed by atoms with Crippen molar-refractivity contribution in [3.05, 3.63) is 32.2 Å². The molecule has 0 aromatic carbocycles. The molecule has 2 aromatic rings. The van der Waals surface area contributed by atoms with Gasteiger partial charge in [0.1, 0.15) is 33.6 Å². The largest absolute Gasteiger partial charge is 0.395 e. The first kappa shape index (κ1) is 44.7. The van der Waals surface area contributed by atoms with Gasteiger partial charge in [0.05, 0.1) is 25.3 Å². The summed E-state index contributed by atoms with van der Waals surface area (Å²) >= 11 is 2.61. The van der Waals surface area contributed by atoms with Crippen LogP contribution in [0.3, 0.4) is 0 Å². The van der Waals surface area contributed by atoms with Crippen molar-refractivity contribution in [2.75, 3.05) is 13.2 Å². The number of amides is 1. The van der Waals surface area contributed by atoms with Crippen LogP contribution in [0.2, 0.25) is 0 Å². The third kappa shape index (κ3) is 21.5. The maximum atomic E-state index is 11.1. The highest BCUT2D eigenvalue weighted by atomic mass is 32.1.